The minimum absolute atomic E-state index is 0.00908. The zero-order chi connectivity index (χ0) is 13.9. The highest BCUT2D eigenvalue weighted by Crippen LogP contribution is 2.29. The Balaban J connectivity index is 1.68. The molecular formula is C15H21N3O2. The third-order valence-corrected chi connectivity index (χ3v) is 4.09. The summed E-state index contributed by atoms with van der Waals surface area (Å²) >= 11 is 0. The van der Waals surface area contributed by atoms with Crippen molar-refractivity contribution in [1.29, 1.82) is 0 Å². The van der Waals surface area contributed by atoms with E-state index in [1.165, 1.54) is 12.0 Å². The molecule has 1 aliphatic heterocycles. The number of imidazole rings is 1. The molecule has 2 fully saturated rings. The fourth-order valence-electron chi connectivity index (χ4n) is 2.77. The number of nitrogens with one attached hydrogen (secondary N) is 1. The van der Waals surface area contributed by atoms with Crippen LogP contribution in [0.2, 0.25) is 0 Å². The van der Waals surface area contributed by atoms with Gasteiger partial charge in [-0.25, -0.2) is 4.98 Å². The summed E-state index contributed by atoms with van der Waals surface area (Å²) in [5.74, 6) is 0.918. The van der Waals surface area contributed by atoms with Crippen LogP contribution in [0.3, 0.4) is 0 Å². The maximum atomic E-state index is 12.0. The topological polar surface area (TPSA) is 56.1 Å². The number of aromatic nitrogens is 2. The van der Waals surface area contributed by atoms with E-state index in [4.69, 9.17) is 4.74 Å². The summed E-state index contributed by atoms with van der Waals surface area (Å²) in [5, 5.41) is 3.07. The fourth-order valence-corrected chi connectivity index (χ4v) is 2.77. The van der Waals surface area contributed by atoms with E-state index in [-0.39, 0.29) is 18.1 Å². The molecule has 1 N–H and O–H groups in total. The average molecular weight is 275 g/mol. The Kier molecular flexibility index (Phi) is 3.87. The number of hydrogen-bond acceptors (Lipinski definition) is 3. The van der Waals surface area contributed by atoms with Crippen LogP contribution >= 0.6 is 0 Å². The molecule has 1 aromatic heterocycles. The van der Waals surface area contributed by atoms with Gasteiger partial charge in [-0.15, -0.1) is 0 Å². The van der Waals surface area contributed by atoms with Crippen LogP contribution in [0.15, 0.2) is 24.0 Å². The second kappa shape index (κ2) is 5.79. The van der Waals surface area contributed by atoms with Crippen molar-refractivity contribution in [3.63, 3.8) is 0 Å². The van der Waals surface area contributed by atoms with Gasteiger partial charge in [-0.05, 0) is 32.6 Å². The Labute approximate surface area is 119 Å². The number of aryl methyl sites for hydroxylation is 1. The highest BCUT2D eigenvalue weighted by atomic mass is 16.5. The number of hydrogen-bond donors (Lipinski definition) is 1. The van der Waals surface area contributed by atoms with Crippen LogP contribution < -0.4 is 5.32 Å². The van der Waals surface area contributed by atoms with Crippen molar-refractivity contribution in [2.75, 3.05) is 6.61 Å². The largest absolute Gasteiger partial charge is 0.368 e. The van der Waals surface area contributed by atoms with Gasteiger partial charge in [0.25, 0.3) is 0 Å². The zero-order valence-corrected chi connectivity index (χ0v) is 11.8. The lowest BCUT2D eigenvalue weighted by atomic mass is 9.92. The molecule has 2 aliphatic rings. The van der Waals surface area contributed by atoms with Crippen molar-refractivity contribution in [2.24, 2.45) is 0 Å². The Bertz CT molecular complexity index is 515. The highest BCUT2D eigenvalue weighted by Gasteiger charge is 2.33. The maximum absolute atomic E-state index is 12.0. The molecule has 2 heterocycles. The first kappa shape index (κ1) is 13.4. The van der Waals surface area contributed by atoms with Gasteiger partial charge in [0.2, 0.25) is 5.91 Å². The third kappa shape index (κ3) is 2.63. The van der Waals surface area contributed by atoms with E-state index in [2.05, 4.69) is 21.8 Å². The molecule has 0 radical (unpaired) electrons. The number of rotatable bonds is 4. The molecule has 0 aromatic carbocycles. The molecule has 1 amide bonds. The van der Waals surface area contributed by atoms with Gasteiger partial charge < -0.3 is 14.6 Å². The summed E-state index contributed by atoms with van der Waals surface area (Å²) in [6.45, 7) is 3.61. The van der Waals surface area contributed by atoms with E-state index in [0.29, 0.717) is 6.61 Å². The molecule has 108 valence electrons. The summed E-state index contributed by atoms with van der Waals surface area (Å²) in [6.07, 6.45) is 9.55. The SMILES string of the molecule is CCn1ccnc1[C@H]1OCC[C@@H]1NC(=O)C=C1CCC1. The molecule has 0 bridgehead atoms. The molecular weight excluding hydrogens is 254 g/mol. The molecule has 5 heteroatoms. The number of allylic oxidation sites excluding steroid dienone is 1. The molecule has 1 aliphatic carbocycles. The van der Waals surface area contributed by atoms with Crippen LogP contribution in [0.5, 0.6) is 0 Å². The highest BCUT2D eigenvalue weighted by molar-refractivity contribution is 5.88. The van der Waals surface area contributed by atoms with E-state index in [1.54, 1.807) is 12.3 Å². The second-order valence-corrected chi connectivity index (χ2v) is 5.42. The van der Waals surface area contributed by atoms with Crippen LogP contribution in [0.25, 0.3) is 0 Å². The number of carbonyl (C=O) groups is 1. The average Bonchev–Trinajstić information content (AvgIpc) is 3.01. The molecule has 5 nitrogen and oxygen atoms in total. The van der Waals surface area contributed by atoms with Gasteiger partial charge in [-0.2, -0.15) is 0 Å². The number of carbonyl (C=O) groups excluding carboxylic acids is 1. The Morgan fingerprint density at radius 2 is 2.45 bits per heavy atom. The number of amides is 1. The van der Waals surface area contributed by atoms with Gasteiger partial charge in [0.1, 0.15) is 11.9 Å². The second-order valence-electron chi connectivity index (χ2n) is 5.42. The Morgan fingerprint density at radius 3 is 3.15 bits per heavy atom. The van der Waals surface area contributed by atoms with E-state index in [9.17, 15) is 4.79 Å². The minimum atomic E-state index is -0.131. The van der Waals surface area contributed by atoms with Gasteiger partial charge in [-0.3, -0.25) is 4.79 Å². The molecule has 20 heavy (non-hydrogen) atoms. The lowest BCUT2D eigenvalue weighted by molar-refractivity contribution is -0.117. The predicted molar refractivity (Wildman–Crippen MR) is 75.1 cm³/mol. The smallest absolute Gasteiger partial charge is 0.244 e. The van der Waals surface area contributed by atoms with Crippen molar-refractivity contribution in [3.8, 4) is 0 Å². The first-order chi connectivity index (χ1) is 9.78. The minimum Gasteiger partial charge on any atom is -0.368 e. The van der Waals surface area contributed by atoms with E-state index in [0.717, 1.165) is 31.6 Å². The summed E-state index contributed by atoms with van der Waals surface area (Å²) in [7, 11) is 0. The van der Waals surface area contributed by atoms with Crippen LogP contribution in [0.4, 0.5) is 0 Å². The molecule has 2 atom stereocenters. The summed E-state index contributed by atoms with van der Waals surface area (Å²) in [6, 6.07) is 0.0205. The lowest BCUT2D eigenvalue weighted by Crippen LogP contribution is -2.37. The molecule has 0 unspecified atom stereocenters. The van der Waals surface area contributed by atoms with Gasteiger partial charge in [0, 0.05) is 31.6 Å². The number of nitrogens with zero attached hydrogens (tertiary/aromatic N) is 2. The van der Waals surface area contributed by atoms with E-state index >= 15 is 0 Å². The molecule has 1 saturated heterocycles. The quantitative estimate of drug-likeness (QED) is 0.855. The summed E-state index contributed by atoms with van der Waals surface area (Å²) in [4.78, 5) is 16.4. The maximum Gasteiger partial charge on any atom is 0.244 e. The van der Waals surface area contributed by atoms with Crippen LogP contribution in [-0.4, -0.2) is 28.1 Å². The molecule has 1 saturated carbocycles. The van der Waals surface area contributed by atoms with Gasteiger partial charge in [0.05, 0.1) is 6.04 Å². The Hall–Kier alpha value is -1.62. The van der Waals surface area contributed by atoms with Gasteiger partial charge >= 0.3 is 0 Å². The van der Waals surface area contributed by atoms with Crippen molar-refractivity contribution < 1.29 is 9.53 Å². The van der Waals surface area contributed by atoms with Gasteiger partial charge in [-0.1, -0.05) is 5.57 Å². The van der Waals surface area contributed by atoms with E-state index in [1.807, 2.05) is 6.20 Å². The zero-order valence-electron chi connectivity index (χ0n) is 11.8. The van der Waals surface area contributed by atoms with Crippen molar-refractivity contribution >= 4 is 5.91 Å². The third-order valence-electron chi connectivity index (χ3n) is 4.09. The van der Waals surface area contributed by atoms with Crippen molar-refractivity contribution in [3.05, 3.63) is 29.9 Å². The van der Waals surface area contributed by atoms with Crippen molar-refractivity contribution in [2.45, 2.75) is 51.3 Å². The lowest BCUT2D eigenvalue weighted by Gasteiger charge is -2.21. The molecule has 3 rings (SSSR count). The fraction of sp³-hybridized carbons (Fsp3) is 0.600. The first-order valence-electron chi connectivity index (χ1n) is 7.40. The number of ether oxygens (including phenoxy) is 1. The first-order valence-corrected chi connectivity index (χ1v) is 7.40. The normalized spacial score (nSPS) is 25.4. The van der Waals surface area contributed by atoms with Crippen LogP contribution in [-0.2, 0) is 16.1 Å². The summed E-state index contributed by atoms with van der Waals surface area (Å²) < 4.78 is 7.85. The van der Waals surface area contributed by atoms with Crippen LogP contribution in [0.1, 0.15) is 44.5 Å². The molecule has 0 spiro atoms. The standard InChI is InChI=1S/C15H21N3O2/c1-2-18-8-7-16-15(18)14-12(6-9-20-14)17-13(19)10-11-4-3-5-11/h7-8,10,12,14H,2-6,9H2,1H3,(H,17,19)/t12-,14-/m0/s1. The summed E-state index contributed by atoms with van der Waals surface area (Å²) in [5.41, 5.74) is 1.26. The van der Waals surface area contributed by atoms with Gasteiger partial charge in [0.15, 0.2) is 0 Å². The monoisotopic (exact) mass is 275 g/mol. The van der Waals surface area contributed by atoms with Crippen LogP contribution in [0, 0.1) is 0 Å². The van der Waals surface area contributed by atoms with Crippen molar-refractivity contribution in [1.82, 2.24) is 14.9 Å². The Morgan fingerprint density at radius 1 is 1.60 bits per heavy atom. The predicted octanol–water partition coefficient (Wildman–Crippen LogP) is 1.96. The van der Waals surface area contributed by atoms with E-state index < -0.39 is 0 Å². The molecule has 1 aromatic rings.